The van der Waals surface area contributed by atoms with Gasteiger partial charge in [-0.25, -0.2) is 0 Å². The lowest BCUT2D eigenvalue weighted by molar-refractivity contribution is -0.261. The largest absolute Gasteiger partial charge is 0.451 e. The fourth-order valence-corrected chi connectivity index (χ4v) is 0.973. The van der Waals surface area contributed by atoms with Gasteiger partial charge in [0, 0.05) is 0 Å². The number of hydrogen-bond donors (Lipinski definition) is 3. The average Bonchev–Trinajstić information content (AvgIpc) is 2.08. The standard InChI is InChI=1S/C7H11NO6/c8-7(12)4(3-9)13-5(10)1-2-6(11)14-7/h4,9,12H,1-3,8H2. The van der Waals surface area contributed by atoms with Crippen LogP contribution >= 0.6 is 0 Å². The third-order valence-corrected chi connectivity index (χ3v) is 1.71. The van der Waals surface area contributed by atoms with Gasteiger partial charge in [0.1, 0.15) is 0 Å². The lowest BCUT2D eigenvalue weighted by Crippen LogP contribution is -2.58. The topological polar surface area (TPSA) is 119 Å². The van der Waals surface area contributed by atoms with Gasteiger partial charge in [0.25, 0.3) is 0 Å². The van der Waals surface area contributed by atoms with Gasteiger partial charge in [-0.2, -0.15) is 0 Å². The highest BCUT2D eigenvalue weighted by molar-refractivity contribution is 5.78. The van der Waals surface area contributed by atoms with Crippen LogP contribution in [0.25, 0.3) is 0 Å². The molecule has 1 aliphatic rings. The van der Waals surface area contributed by atoms with Crippen LogP contribution in [0, 0.1) is 0 Å². The van der Waals surface area contributed by atoms with Gasteiger partial charge in [0.15, 0.2) is 0 Å². The normalized spacial score (nSPS) is 34.1. The number of nitrogens with two attached hydrogens (primary N) is 1. The van der Waals surface area contributed by atoms with Crippen molar-refractivity contribution in [2.45, 2.75) is 24.9 Å². The number of carbonyl (C=O) groups excluding carboxylic acids is 2. The molecule has 0 aromatic carbocycles. The Morgan fingerprint density at radius 2 is 2.00 bits per heavy atom. The minimum atomic E-state index is -2.47. The lowest BCUT2D eigenvalue weighted by Gasteiger charge is -2.31. The SMILES string of the molecule is NC1(O)OC(=O)CCC(=O)OC1CO. The molecule has 0 aromatic heterocycles. The van der Waals surface area contributed by atoms with E-state index in [0.29, 0.717) is 0 Å². The van der Waals surface area contributed by atoms with E-state index in [0.717, 1.165) is 0 Å². The summed E-state index contributed by atoms with van der Waals surface area (Å²) in [7, 11) is 0. The van der Waals surface area contributed by atoms with Crippen LogP contribution in [0.2, 0.25) is 0 Å². The monoisotopic (exact) mass is 205 g/mol. The van der Waals surface area contributed by atoms with E-state index in [-0.39, 0.29) is 12.8 Å². The van der Waals surface area contributed by atoms with Crippen molar-refractivity contribution in [1.29, 1.82) is 0 Å². The van der Waals surface area contributed by atoms with Gasteiger partial charge in [-0.1, -0.05) is 0 Å². The molecule has 1 saturated heterocycles. The minimum Gasteiger partial charge on any atom is -0.451 e. The molecule has 1 heterocycles. The summed E-state index contributed by atoms with van der Waals surface area (Å²) in [5.41, 5.74) is 5.13. The maximum absolute atomic E-state index is 10.9. The molecule has 80 valence electrons. The molecule has 0 amide bonds. The van der Waals surface area contributed by atoms with E-state index in [1.54, 1.807) is 0 Å². The molecule has 0 aromatic rings. The Labute approximate surface area is 79.4 Å². The summed E-state index contributed by atoms with van der Waals surface area (Å²) < 4.78 is 8.95. The summed E-state index contributed by atoms with van der Waals surface area (Å²) in [4.78, 5) is 21.8. The molecule has 7 heteroatoms. The molecule has 0 bridgehead atoms. The number of ether oxygens (including phenoxy) is 2. The quantitative estimate of drug-likeness (QED) is 0.329. The Hall–Kier alpha value is -1.18. The predicted molar refractivity (Wildman–Crippen MR) is 41.4 cm³/mol. The number of hydrogen-bond acceptors (Lipinski definition) is 7. The molecule has 4 N–H and O–H groups in total. The van der Waals surface area contributed by atoms with Gasteiger partial charge in [-0.15, -0.1) is 0 Å². The maximum Gasteiger partial charge on any atom is 0.309 e. The summed E-state index contributed by atoms with van der Waals surface area (Å²) in [5.74, 6) is -4.00. The van der Waals surface area contributed by atoms with Gasteiger partial charge in [-0.3, -0.25) is 15.3 Å². The zero-order chi connectivity index (χ0) is 10.8. The molecular weight excluding hydrogens is 194 g/mol. The number of aliphatic hydroxyl groups excluding tert-OH is 1. The van der Waals surface area contributed by atoms with Crippen LogP contribution in [0.4, 0.5) is 0 Å². The smallest absolute Gasteiger partial charge is 0.309 e. The van der Waals surface area contributed by atoms with Crippen molar-refractivity contribution in [2.75, 3.05) is 6.61 Å². The maximum atomic E-state index is 10.9. The molecule has 1 rings (SSSR count). The first-order valence-electron chi connectivity index (χ1n) is 3.99. The summed E-state index contributed by atoms with van der Waals surface area (Å²) in [6.45, 7) is -0.730. The Morgan fingerprint density at radius 1 is 1.43 bits per heavy atom. The first kappa shape index (κ1) is 10.9. The highest BCUT2D eigenvalue weighted by Crippen LogP contribution is 2.15. The third-order valence-electron chi connectivity index (χ3n) is 1.71. The van der Waals surface area contributed by atoms with E-state index in [2.05, 4.69) is 9.47 Å². The Morgan fingerprint density at radius 3 is 2.57 bits per heavy atom. The summed E-state index contributed by atoms with van der Waals surface area (Å²) in [5, 5.41) is 18.1. The summed E-state index contributed by atoms with van der Waals surface area (Å²) in [6, 6.07) is 0. The van der Waals surface area contributed by atoms with Crippen LogP contribution in [0.1, 0.15) is 12.8 Å². The highest BCUT2D eigenvalue weighted by Gasteiger charge is 2.41. The number of rotatable bonds is 1. The molecule has 1 fully saturated rings. The summed E-state index contributed by atoms with van der Waals surface area (Å²) >= 11 is 0. The van der Waals surface area contributed by atoms with Gasteiger partial charge >= 0.3 is 17.8 Å². The molecule has 2 unspecified atom stereocenters. The fourth-order valence-electron chi connectivity index (χ4n) is 0.973. The number of aliphatic hydroxyl groups is 2. The van der Waals surface area contributed by atoms with Crippen LogP contribution in [0.5, 0.6) is 0 Å². The second-order valence-corrected chi connectivity index (χ2v) is 2.89. The number of carbonyl (C=O) groups is 2. The van der Waals surface area contributed by atoms with Crippen LogP contribution in [0.15, 0.2) is 0 Å². The molecule has 1 aliphatic heterocycles. The van der Waals surface area contributed by atoms with Crippen molar-refractivity contribution in [2.24, 2.45) is 5.73 Å². The Bertz CT molecular complexity index is 251. The summed E-state index contributed by atoms with van der Waals surface area (Å²) in [6.07, 6.45) is -1.83. The fraction of sp³-hybridized carbons (Fsp3) is 0.714. The molecule has 14 heavy (non-hydrogen) atoms. The van der Waals surface area contributed by atoms with E-state index in [4.69, 9.17) is 10.8 Å². The lowest BCUT2D eigenvalue weighted by atomic mass is 10.2. The van der Waals surface area contributed by atoms with Crippen molar-refractivity contribution in [3.63, 3.8) is 0 Å². The third kappa shape index (κ3) is 2.41. The highest BCUT2D eigenvalue weighted by atomic mass is 16.7. The predicted octanol–water partition coefficient (Wildman–Crippen LogP) is -2.17. The van der Waals surface area contributed by atoms with E-state index in [1.807, 2.05) is 0 Å². The number of cyclic esters (lactones) is 2. The molecule has 0 saturated carbocycles. The van der Waals surface area contributed by atoms with Gasteiger partial charge < -0.3 is 19.7 Å². The van der Waals surface area contributed by atoms with Crippen LogP contribution in [-0.4, -0.2) is 40.8 Å². The molecule has 2 atom stereocenters. The van der Waals surface area contributed by atoms with E-state index >= 15 is 0 Å². The number of esters is 2. The Kier molecular flexibility index (Phi) is 3.04. The molecule has 7 nitrogen and oxygen atoms in total. The van der Waals surface area contributed by atoms with E-state index < -0.39 is 30.6 Å². The Balaban J connectivity index is 2.80. The van der Waals surface area contributed by atoms with E-state index in [1.165, 1.54) is 0 Å². The second-order valence-electron chi connectivity index (χ2n) is 2.89. The van der Waals surface area contributed by atoms with Crippen molar-refractivity contribution in [3.05, 3.63) is 0 Å². The zero-order valence-corrected chi connectivity index (χ0v) is 7.30. The van der Waals surface area contributed by atoms with Crippen LogP contribution in [-0.2, 0) is 19.1 Å². The minimum absolute atomic E-state index is 0.161. The van der Waals surface area contributed by atoms with Gasteiger partial charge in [0.05, 0.1) is 19.4 Å². The zero-order valence-electron chi connectivity index (χ0n) is 7.30. The van der Waals surface area contributed by atoms with Crippen molar-refractivity contribution < 1.29 is 29.3 Å². The first-order valence-corrected chi connectivity index (χ1v) is 3.99. The van der Waals surface area contributed by atoms with E-state index in [9.17, 15) is 14.7 Å². The first-order chi connectivity index (χ1) is 6.45. The van der Waals surface area contributed by atoms with Crippen molar-refractivity contribution in [3.8, 4) is 0 Å². The molecule has 0 aliphatic carbocycles. The van der Waals surface area contributed by atoms with Crippen LogP contribution in [0.3, 0.4) is 0 Å². The average molecular weight is 205 g/mol. The van der Waals surface area contributed by atoms with Gasteiger partial charge in [0.2, 0.25) is 6.10 Å². The van der Waals surface area contributed by atoms with Crippen molar-refractivity contribution in [1.82, 2.24) is 0 Å². The molecule has 0 spiro atoms. The second kappa shape index (κ2) is 3.91. The van der Waals surface area contributed by atoms with Crippen molar-refractivity contribution >= 4 is 11.9 Å². The molecular formula is C7H11NO6. The molecule has 0 radical (unpaired) electrons. The van der Waals surface area contributed by atoms with Gasteiger partial charge in [-0.05, 0) is 0 Å². The van der Waals surface area contributed by atoms with Crippen LogP contribution < -0.4 is 5.73 Å².